The number of hydrogen-bond acceptors (Lipinski definition) is 7. The molecule has 2 N–H and O–H groups in total. The highest BCUT2D eigenvalue weighted by Crippen LogP contribution is 2.32. The normalized spacial score (nSPS) is 15.7. The van der Waals surface area contributed by atoms with Crippen LogP contribution in [0.5, 0.6) is 0 Å². The van der Waals surface area contributed by atoms with E-state index in [4.69, 9.17) is 9.63 Å². The van der Waals surface area contributed by atoms with Crippen LogP contribution >= 0.6 is 0 Å². The van der Waals surface area contributed by atoms with Gasteiger partial charge in [-0.05, 0) is 24.6 Å². The Labute approximate surface area is 188 Å². The Morgan fingerprint density at radius 3 is 2.64 bits per heavy atom. The Kier molecular flexibility index (Phi) is 6.74. The maximum Gasteiger partial charge on any atom is 0.304 e. The average molecular weight is 455 g/mol. The van der Waals surface area contributed by atoms with Gasteiger partial charge in [-0.1, -0.05) is 35.5 Å². The van der Waals surface area contributed by atoms with Gasteiger partial charge in [0.25, 0.3) is 5.89 Å². The Bertz CT molecular complexity index is 1140. The molecule has 8 nitrogen and oxygen atoms in total. The maximum absolute atomic E-state index is 14.5. The Hall–Kier alpha value is -3.66. The van der Waals surface area contributed by atoms with Crippen molar-refractivity contribution in [2.24, 2.45) is 5.10 Å². The smallest absolute Gasteiger partial charge is 0.304 e. The molecule has 4 rings (SSSR count). The molecule has 0 amide bonds. The van der Waals surface area contributed by atoms with Crippen molar-refractivity contribution in [3.05, 3.63) is 71.1 Å². The molecule has 1 aliphatic heterocycles. The Balaban J connectivity index is 1.50. The predicted octanol–water partition coefficient (Wildman–Crippen LogP) is 3.75. The molecule has 0 aliphatic carbocycles. The third kappa shape index (κ3) is 5.06. The number of nitrogens with one attached hydrogen (secondary N) is 1. The molecular weight excluding hydrogens is 432 g/mol. The van der Waals surface area contributed by atoms with Crippen LogP contribution in [0.1, 0.15) is 42.8 Å². The first-order valence-corrected chi connectivity index (χ1v) is 10.6. The van der Waals surface area contributed by atoms with Crippen molar-refractivity contribution in [2.75, 3.05) is 13.1 Å². The van der Waals surface area contributed by atoms with Gasteiger partial charge in [0.05, 0.1) is 12.5 Å². The predicted molar refractivity (Wildman–Crippen MR) is 116 cm³/mol. The highest BCUT2D eigenvalue weighted by atomic mass is 19.1. The maximum atomic E-state index is 14.5. The minimum Gasteiger partial charge on any atom is -0.481 e. The van der Waals surface area contributed by atoms with Crippen LogP contribution in [0.25, 0.3) is 11.4 Å². The summed E-state index contributed by atoms with van der Waals surface area (Å²) in [5.74, 6) is -2.28. The van der Waals surface area contributed by atoms with E-state index < -0.39 is 17.6 Å². The molecule has 0 spiro atoms. The molecule has 2 aromatic carbocycles. The van der Waals surface area contributed by atoms with Gasteiger partial charge in [-0.3, -0.25) is 9.80 Å². The van der Waals surface area contributed by atoms with Gasteiger partial charge in [0, 0.05) is 37.2 Å². The number of carboxylic acid groups (broad SMARTS) is 1. The molecule has 1 aromatic heterocycles. The van der Waals surface area contributed by atoms with Crippen molar-refractivity contribution in [2.45, 2.75) is 32.4 Å². The SMILES string of the molecule is CCN1N=C(c2nc(-c3cc(F)c(CNCCC(=O)O)c(F)c3)no2)CC1c1ccccc1. The van der Waals surface area contributed by atoms with Gasteiger partial charge in [0.2, 0.25) is 5.82 Å². The Morgan fingerprint density at radius 2 is 1.97 bits per heavy atom. The van der Waals surface area contributed by atoms with Gasteiger partial charge in [-0.25, -0.2) is 8.78 Å². The molecule has 0 fully saturated rings. The second kappa shape index (κ2) is 9.86. The number of carbonyl (C=O) groups is 1. The van der Waals surface area contributed by atoms with Crippen LogP contribution in [0.2, 0.25) is 0 Å². The summed E-state index contributed by atoms with van der Waals surface area (Å²) < 4.78 is 34.4. The van der Waals surface area contributed by atoms with E-state index in [0.717, 1.165) is 17.7 Å². The summed E-state index contributed by atoms with van der Waals surface area (Å²) in [6, 6.07) is 12.3. The number of aromatic nitrogens is 2. The van der Waals surface area contributed by atoms with Crippen molar-refractivity contribution in [3.8, 4) is 11.4 Å². The molecule has 1 atom stereocenters. The molecule has 0 bridgehead atoms. The summed E-state index contributed by atoms with van der Waals surface area (Å²) in [7, 11) is 0. The zero-order chi connectivity index (χ0) is 23.4. The van der Waals surface area contributed by atoms with Gasteiger partial charge < -0.3 is 14.9 Å². The van der Waals surface area contributed by atoms with Crippen molar-refractivity contribution in [1.82, 2.24) is 20.5 Å². The minimum atomic E-state index is -0.990. The molecule has 0 saturated carbocycles. The first-order valence-electron chi connectivity index (χ1n) is 10.6. The lowest BCUT2D eigenvalue weighted by Crippen LogP contribution is -2.19. The molecule has 1 unspecified atom stereocenters. The second-order valence-corrected chi connectivity index (χ2v) is 7.60. The molecule has 33 heavy (non-hydrogen) atoms. The lowest BCUT2D eigenvalue weighted by Gasteiger charge is -2.21. The van der Waals surface area contributed by atoms with Gasteiger partial charge in [0.1, 0.15) is 17.3 Å². The van der Waals surface area contributed by atoms with Crippen LogP contribution in [-0.2, 0) is 11.3 Å². The number of carboxylic acids is 1. The number of rotatable bonds is 9. The first kappa shape index (κ1) is 22.5. The standard InChI is InChI=1S/C23H23F2N5O3/c1-2-30-20(14-6-4-3-5-7-14)12-19(28-30)23-27-22(29-33-23)15-10-17(24)16(18(25)11-15)13-26-9-8-21(31)32/h3-7,10-11,20,26H,2,8-9,12-13H2,1H3,(H,31,32). The summed E-state index contributed by atoms with van der Waals surface area (Å²) >= 11 is 0. The van der Waals surface area contributed by atoms with Gasteiger partial charge >= 0.3 is 5.97 Å². The quantitative estimate of drug-likeness (QED) is 0.474. The van der Waals surface area contributed by atoms with E-state index in [0.29, 0.717) is 18.7 Å². The summed E-state index contributed by atoms with van der Waals surface area (Å²) in [4.78, 5) is 14.9. The summed E-state index contributed by atoms with van der Waals surface area (Å²) in [5, 5.41) is 21.8. The number of benzene rings is 2. The lowest BCUT2D eigenvalue weighted by molar-refractivity contribution is -0.136. The highest BCUT2D eigenvalue weighted by Gasteiger charge is 2.30. The van der Waals surface area contributed by atoms with Crippen LogP contribution in [0, 0.1) is 11.6 Å². The van der Waals surface area contributed by atoms with Gasteiger partial charge in [-0.15, -0.1) is 0 Å². The fraction of sp³-hybridized carbons (Fsp3) is 0.304. The van der Waals surface area contributed by atoms with E-state index in [1.165, 1.54) is 0 Å². The molecule has 10 heteroatoms. The summed E-state index contributed by atoms with van der Waals surface area (Å²) in [5.41, 5.74) is 1.69. The molecule has 0 saturated heterocycles. The average Bonchev–Trinajstić information content (AvgIpc) is 3.45. The van der Waals surface area contributed by atoms with E-state index in [9.17, 15) is 13.6 Å². The first-order chi connectivity index (χ1) is 16.0. The van der Waals surface area contributed by atoms with Gasteiger partial charge in [-0.2, -0.15) is 10.1 Å². The monoisotopic (exact) mass is 455 g/mol. The molecule has 1 aliphatic rings. The van der Waals surface area contributed by atoms with E-state index in [-0.39, 0.29) is 48.4 Å². The van der Waals surface area contributed by atoms with Crippen LogP contribution in [-0.4, -0.2) is 45.0 Å². The van der Waals surface area contributed by atoms with Crippen molar-refractivity contribution < 1.29 is 23.2 Å². The lowest BCUT2D eigenvalue weighted by atomic mass is 10.0. The number of hydrogen-bond donors (Lipinski definition) is 2. The molecule has 2 heterocycles. The van der Waals surface area contributed by atoms with Crippen molar-refractivity contribution >= 4 is 11.7 Å². The number of aliphatic carboxylic acids is 1. The topological polar surface area (TPSA) is 104 Å². The van der Waals surface area contributed by atoms with E-state index in [1.54, 1.807) is 0 Å². The fourth-order valence-electron chi connectivity index (χ4n) is 3.71. The molecule has 0 radical (unpaired) electrons. The van der Waals surface area contributed by atoms with Crippen molar-refractivity contribution in [1.29, 1.82) is 0 Å². The zero-order valence-corrected chi connectivity index (χ0v) is 18.0. The third-order valence-corrected chi connectivity index (χ3v) is 5.39. The molecule has 172 valence electrons. The van der Waals surface area contributed by atoms with Crippen molar-refractivity contribution in [3.63, 3.8) is 0 Å². The van der Waals surface area contributed by atoms with E-state index >= 15 is 0 Å². The fourth-order valence-corrected chi connectivity index (χ4v) is 3.71. The number of nitrogens with zero attached hydrogens (tertiary/aromatic N) is 4. The van der Waals surface area contributed by atoms with E-state index in [2.05, 4.69) is 20.6 Å². The van der Waals surface area contributed by atoms with Crippen LogP contribution in [0.4, 0.5) is 8.78 Å². The van der Waals surface area contributed by atoms with Crippen LogP contribution in [0.15, 0.2) is 52.1 Å². The summed E-state index contributed by atoms with van der Waals surface area (Å²) in [6.45, 7) is 2.67. The second-order valence-electron chi connectivity index (χ2n) is 7.60. The molecule has 3 aromatic rings. The zero-order valence-electron chi connectivity index (χ0n) is 18.0. The van der Waals surface area contributed by atoms with Crippen LogP contribution < -0.4 is 5.32 Å². The van der Waals surface area contributed by atoms with E-state index in [1.807, 2.05) is 42.3 Å². The number of halogens is 2. The Morgan fingerprint density at radius 1 is 1.24 bits per heavy atom. The molecular formula is C23H23F2N5O3. The van der Waals surface area contributed by atoms with Gasteiger partial charge in [0.15, 0.2) is 0 Å². The minimum absolute atomic E-state index is 0.0457. The number of hydrazone groups is 1. The third-order valence-electron chi connectivity index (χ3n) is 5.39. The highest BCUT2D eigenvalue weighted by molar-refractivity contribution is 5.98. The summed E-state index contributed by atoms with van der Waals surface area (Å²) in [6.07, 6.45) is 0.431. The van der Waals surface area contributed by atoms with Crippen LogP contribution in [0.3, 0.4) is 0 Å². The largest absolute Gasteiger partial charge is 0.481 e.